The van der Waals surface area contributed by atoms with Gasteiger partial charge >= 0.3 is 6.61 Å². The van der Waals surface area contributed by atoms with Gasteiger partial charge in [-0.05, 0) is 29.7 Å². The van der Waals surface area contributed by atoms with Crippen LogP contribution in [0.3, 0.4) is 0 Å². The summed E-state index contributed by atoms with van der Waals surface area (Å²) in [5.41, 5.74) is 2.15. The molecule has 1 aromatic carbocycles. The standard InChI is InChI=1S/C15H20F2O2/c1-3-4-5-14-10(2)13-7-6-12(19-15(16)17)8-11(13)9-18-14/h6-8,10,14-15H,3-5,9H2,1-2H3/t10-,14-/m1/s1. The maximum Gasteiger partial charge on any atom is 0.387 e. The zero-order valence-electron chi connectivity index (χ0n) is 11.4. The summed E-state index contributed by atoms with van der Waals surface area (Å²) < 4.78 is 34.6. The molecule has 0 amide bonds. The fourth-order valence-electron chi connectivity index (χ4n) is 2.61. The minimum Gasteiger partial charge on any atom is -0.435 e. The molecule has 0 N–H and O–H groups in total. The van der Waals surface area contributed by atoms with Crippen molar-refractivity contribution in [2.45, 2.75) is 58.4 Å². The number of benzene rings is 1. The van der Waals surface area contributed by atoms with Crippen molar-refractivity contribution in [3.63, 3.8) is 0 Å². The number of halogens is 2. The van der Waals surface area contributed by atoms with E-state index in [4.69, 9.17) is 4.74 Å². The third kappa shape index (κ3) is 3.44. The molecule has 4 heteroatoms. The lowest BCUT2D eigenvalue weighted by atomic mass is 9.87. The molecule has 0 fully saturated rings. The van der Waals surface area contributed by atoms with Crippen molar-refractivity contribution in [3.05, 3.63) is 29.3 Å². The molecular weight excluding hydrogens is 250 g/mol. The van der Waals surface area contributed by atoms with Gasteiger partial charge in [0, 0.05) is 5.92 Å². The molecule has 19 heavy (non-hydrogen) atoms. The lowest BCUT2D eigenvalue weighted by Crippen LogP contribution is -2.26. The third-order valence-electron chi connectivity index (χ3n) is 3.68. The largest absolute Gasteiger partial charge is 0.435 e. The number of hydrogen-bond acceptors (Lipinski definition) is 2. The van der Waals surface area contributed by atoms with Gasteiger partial charge in [-0.2, -0.15) is 8.78 Å². The Morgan fingerprint density at radius 1 is 1.42 bits per heavy atom. The van der Waals surface area contributed by atoms with E-state index in [1.807, 2.05) is 6.07 Å². The van der Waals surface area contributed by atoms with Gasteiger partial charge in [0.05, 0.1) is 12.7 Å². The molecule has 0 aromatic heterocycles. The second-order valence-electron chi connectivity index (χ2n) is 5.02. The van der Waals surface area contributed by atoms with Gasteiger partial charge in [0.1, 0.15) is 5.75 Å². The van der Waals surface area contributed by atoms with Gasteiger partial charge < -0.3 is 9.47 Å². The molecule has 106 valence electrons. The summed E-state index contributed by atoms with van der Waals surface area (Å²) in [6.45, 7) is 1.99. The highest BCUT2D eigenvalue weighted by Crippen LogP contribution is 2.35. The predicted molar refractivity (Wildman–Crippen MR) is 69.6 cm³/mol. The molecule has 0 spiro atoms. The Kier molecular flexibility index (Phi) is 4.75. The average Bonchev–Trinajstić information content (AvgIpc) is 2.37. The lowest BCUT2D eigenvalue weighted by Gasteiger charge is -2.31. The normalized spacial score (nSPS) is 22.4. The first-order chi connectivity index (χ1) is 9.11. The Balaban J connectivity index is 2.11. The molecule has 2 atom stereocenters. The maximum atomic E-state index is 12.2. The topological polar surface area (TPSA) is 18.5 Å². The van der Waals surface area contributed by atoms with Crippen molar-refractivity contribution in [2.24, 2.45) is 0 Å². The highest BCUT2D eigenvalue weighted by molar-refractivity contribution is 5.38. The monoisotopic (exact) mass is 270 g/mol. The van der Waals surface area contributed by atoms with Gasteiger partial charge in [0.25, 0.3) is 0 Å². The van der Waals surface area contributed by atoms with E-state index in [0.29, 0.717) is 12.5 Å². The van der Waals surface area contributed by atoms with Gasteiger partial charge in [0.15, 0.2) is 0 Å². The van der Waals surface area contributed by atoms with E-state index in [2.05, 4.69) is 18.6 Å². The molecule has 0 radical (unpaired) electrons. The van der Waals surface area contributed by atoms with E-state index in [1.54, 1.807) is 12.1 Å². The Morgan fingerprint density at radius 2 is 2.21 bits per heavy atom. The van der Waals surface area contributed by atoms with Crippen LogP contribution in [0.15, 0.2) is 18.2 Å². The van der Waals surface area contributed by atoms with Crippen LogP contribution in [-0.2, 0) is 11.3 Å². The van der Waals surface area contributed by atoms with Crippen molar-refractivity contribution < 1.29 is 18.3 Å². The van der Waals surface area contributed by atoms with Crippen molar-refractivity contribution in [1.29, 1.82) is 0 Å². The van der Waals surface area contributed by atoms with Crippen molar-refractivity contribution in [3.8, 4) is 5.75 Å². The van der Waals surface area contributed by atoms with Crippen LogP contribution in [0.5, 0.6) is 5.75 Å². The summed E-state index contributed by atoms with van der Waals surface area (Å²) in [4.78, 5) is 0. The number of unbranched alkanes of at least 4 members (excludes halogenated alkanes) is 1. The third-order valence-corrected chi connectivity index (χ3v) is 3.68. The molecule has 1 aliphatic heterocycles. The van der Waals surface area contributed by atoms with Crippen molar-refractivity contribution in [1.82, 2.24) is 0 Å². The van der Waals surface area contributed by atoms with Crippen LogP contribution in [0, 0.1) is 0 Å². The highest BCUT2D eigenvalue weighted by Gasteiger charge is 2.26. The summed E-state index contributed by atoms with van der Waals surface area (Å²) in [6.07, 6.45) is 3.58. The van der Waals surface area contributed by atoms with E-state index >= 15 is 0 Å². The van der Waals surface area contributed by atoms with E-state index in [-0.39, 0.29) is 11.9 Å². The first-order valence-electron chi connectivity index (χ1n) is 6.81. The summed E-state index contributed by atoms with van der Waals surface area (Å²) in [5.74, 6) is 0.507. The first-order valence-corrected chi connectivity index (χ1v) is 6.81. The van der Waals surface area contributed by atoms with Crippen LogP contribution < -0.4 is 4.74 Å². The fourth-order valence-corrected chi connectivity index (χ4v) is 2.61. The van der Waals surface area contributed by atoms with E-state index < -0.39 is 6.61 Å². The second kappa shape index (κ2) is 6.33. The minimum absolute atomic E-state index is 0.205. The Morgan fingerprint density at radius 3 is 2.89 bits per heavy atom. The summed E-state index contributed by atoms with van der Waals surface area (Å²) in [7, 11) is 0. The number of ether oxygens (including phenoxy) is 2. The van der Waals surface area contributed by atoms with E-state index in [0.717, 1.165) is 24.8 Å². The fraction of sp³-hybridized carbons (Fsp3) is 0.600. The van der Waals surface area contributed by atoms with Crippen LogP contribution in [0.4, 0.5) is 8.78 Å². The molecule has 0 bridgehead atoms. The van der Waals surface area contributed by atoms with Gasteiger partial charge in [-0.25, -0.2) is 0 Å². The molecule has 0 aliphatic carbocycles. The van der Waals surface area contributed by atoms with Crippen LogP contribution in [0.1, 0.15) is 50.2 Å². The molecule has 0 saturated heterocycles. The number of hydrogen-bond donors (Lipinski definition) is 0. The molecular formula is C15H20F2O2. The first kappa shape index (κ1) is 14.3. The molecule has 1 heterocycles. The Labute approximate surface area is 112 Å². The van der Waals surface area contributed by atoms with Gasteiger partial charge in [-0.1, -0.05) is 32.8 Å². The Hall–Kier alpha value is -1.16. The quantitative estimate of drug-likeness (QED) is 0.785. The van der Waals surface area contributed by atoms with Crippen LogP contribution >= 0.6 is 0 Å². The molecule has 0 saturated carbocycles. The molecule has 0 unspecified atom stereocenters. The van der Waals surface area contributed by atoms with Crippen molar-refractivity contribution >= 4 is 0 Å². The second-order valence-corrected chi connectivity index (χ2v) is 5.02. The molecule has 1 aromatic rings. The predicted octanol–water partition coefficient (Wildman–Crippen LogP) is 4.48. The zero-order valence-corrected chi connectivity index (χ0v) is 11.4. The zero-order chi connectivity index (χ0) is 13.8. The number of fused-ring (bicyclic) bond motifs is 1. The SMILES string of the molecule is CCCC[C@H]1OCc2cc(OC(F)F)ccc2[C@H]1C. The summed E-state index contributed by atoms with van der Waals surface area (Å²) >= 11 is 0. The van der Waals surface area contributed by atoms with Gasteiger partial charge in [-0.3, -0.25) is 0 Å². The molecule has 1 aliphatic rings. The molecule has 2 rings (SSSR count). The Bertz CT molecular complexity index is 421. The van der Waals surface area contributed by atoms with Crippen LogP contribution in [0.2, 0.25) is 0 Å². The van der Waals surface area contributed by atoms with E-state index in [9.17, 15) is 8.78 Å². The summed E-state index contributed by atoms with van der Waals surface area (Å²) in [5, 5.41) is 0. The summed E-state index contributed by atoms with van der Waals surface area (Å²) in [6, 6.07) is 5.16. The smallest absolute Gasteiger partial charge is 0.387 e. The number of alkyl halides is 2. The van der Waals surface area contributed by atoms with Gasteiger partial charge in [-0.15, -0.1) is 0 Å². The van der Waals surface area contributed by atoms with Gasteiger partial charge in [0.2, 0.25) is 0 Å². The van der Waals surface area contributed by atoms with E-state index in [1.165, 1.54) is 5.56 Å². The highest BCUT2D eigenvalue weighted by atomic mass is 19.3. The number of rotatable bonds is 5. The lowest BCUT2D eigenvalue weighted by molar-refractivity contribution is -0.0503. The molecule has 2 nitrogen and oxygen atoms in total. The van der Waals surface area contributed by atoms with Crippen LogP contribution in [0.25, 0.3) is 0 Å². The van der Waals surface area contributed by atoms with Crippen molar-refractivity contribution in [2.75, 3.05) is 0 Å². The maximum absolute atomic E-state index is 12.2. The average molecular weight is 270 g/mol. The van der Waals surface area contributed by atoms with Crippen LogP contribution in [-0.4, -0.2) is 12.7 Å². The minimum atomic E-state index is -2.78.